The monoisotopic (exact) mass is 364 g/mol. The fourth-order valence-electron chi connectivity index (χ4n) is 2.46. The van der Waals surface area contributed by atoms with Gasteiger partial charge in [-0.25, -0.2) is 4.98 Å². The minimum Gasteiger partial charge on any atom is -0.497 e. The van der Waals surface area contributed by atoms with Crippen molar-refractivity contribution >= 4 is 17.4 Å². The molecule has 0 fully saturated rings. The molecular formula is C20H20N4O3. The van der Waals surface area contributed by atoms with E-state index in [1.807, 2.05) is 12.1 Å². The van der Waals surface area contributed by atoms with Crippen LogP contribution in [0, 0.1) is 0 Å². The molecule has 1 amide bonds. The predicted octanol–water partition coefficient (Wildman–Crippen LogP) is 3.36. The molecule has 27 heavy (non-hydrogen) atoms. The van der Waals surface area contributed by atoms with Crippen LogP contribution in [0.15, 0.2) is 61.1 Å². The molecule has 0 spiro atoms. The van der Waals surface area contributed by atoms with Crippen molar-refractivity contribution in [3.63, 3.8) is 0 Å². The van der Waals surface area contributed by atoms with Crippen molar-refractivity contribution in [2.45, 2.75) is 6.54 Å². The van der Waals surface area contributed by atoms with Crippen molar-refractivity contribution in [3.8, 4) is 11.5 Å². The number of ether oxygens (including phenoxy) is 2. The van der Waals surface area contributed by atoms with Gasteiger partial charge in [-0.1, -0.05) is 6.07 Å². The summed E-state index contributed by atoms with van der Waals surface area (Å²) in [5, 5.41) is 6.03. The van der Waals surface area contributed by atoms with Crippen LogP contribution < -0.4 is 20.1 Å². The van der Waals surface area contributed by atoms with Crippen molar-refractivity contribution in [1.29, 1.82) is 0 Å². The van der Waals surface area contributed by atoms with Gasteiger partial charge in [0.2, 0.25) is 0 Å². The van der Waals surface area contributed by atoms with Crippen LogP contribution in [0.25, 0.3) is 0 Å². The van der Waals surface area contributed by atoms with E-state index in [2.05, 4.69) is 20.6 Å². The summed E-state index contributed by atoms with van der Waals surface area (Å²) in [7, 11) is 3.11. The first-order valence-corrected chi connectivity index (χ1v) is 8.32. The van der Waals surface area contributed by atoms with Gasteiger partial charge in [-0.15, -0.1) is 0 Å². The summed E-state index contributed by atoms with van der Waals surface area (Å²) in [5.41, 5.74) is 2.07. The van der Waals surface area contributed by atoms with Gasteiger partial charge in [-0.05, 0) is 35.9 Å². The van der Waals surface area contributed by atoms with Crippen LogP contribution >= 0.6 is 0 Å². The largest absolute Gasteiger partial charge is 0.497 e. The number of carbonyl (C=O) groups is 1. The Hall–Kier alpha value is -3.61. The van der Waals surface area contributed by atoms with Gasteiger partial charge >= 0.3 is 0 Å². The molecule has 0 unspecified atom stereocenters. The number of amides is 1. The topological polar surface area (TPSA) is 85.4 Å². The van der Waals surface area contributed by atoms with E-state index in [-0.39, 0.29) is 5.91 Å². The molecule has 3 rings (SSSR count). The first-order chi connectivity index (χ1) is 13.2. The zero-order valence-electron chi connectivity index (χ0n) is 15.1. The SMILES string of the molecule is COc1ccc(NC(=O)c2ccnc(NCc3cccnc3)c2)c(OC)c1. The smallest absolute Gasteiger partial charge is 0.255 e. The number of hydrogen-bond acceptors (Lipinski definition) is 6. The van der Waals surface area contributed by atoms with E-state index in [1.165, 1.54) is 7.11 Å². The van der Waals surface area contributed by atoms with E-state index < -0.39 is 0 Å². The molecular weight excluding hydrogens is 344 g/mol. The summed E-state index contributed by atoms with van der Waals surface area (Å²) in [5.74, 6) is 1.51. The third-order valence-electron chi connectivity index (χ3n) is 3.88. The molecule has 138 valence electrons. The Morgan fingerprint density at radius 3 is 2.70 bits per heavy atom. The average molecular weight is 364 g/mol. The highest BCUT2D eigenvalue weighted by atomic mass is 16.5. The Kier molecular flexibility index (Phi) is 5.84. The lowest BCUT2D eigenvalue weighted by atomic mass is 10.2. The van der Waals surface area contributed by atoms with Crippen LogP contribution in [0.3, 0.4) is 0 Å². The van der Waals surface area contributed by atoms with Gasteiger partial charge in [0.25, 0.3) is 5.91 Å². The molecule has 3 aromatic rings. The minimum absolute atomic E-state index is 0.259. The second-order valence-corrected chi connectivity index (χ2v) is 5.66. The van der Waals surface area contributed by atoms with Gasteiger partial charge in [-0.3, -0.25) is 9.78 Å². The number of nitrogens with zero attached hydrogens (tertiary/aromatic N) is 2. The maximum absolute atomic E-state index is 12.6. The van der Waals surface area contributed by atoms with Gasteiger partial charge in [0.15, 0.2) is 0 Å². The fourth-order valence-corrected chi connectivity index (χ4v) is 2.46. The van der Waals surface area contributed by atoms with Gasteiger partial charge in [0, 0.05) is 36.8 Å². The van der Waals surface area contributed by atoms with E-state index >= 15 is 0 Å². The van der Waals surface area contributed by atoms with Crippen molar-refractivity contribution in [2.24, 2.45) is 0 Å². The highest BCUT2D eigenvalue weighted by Gasteiger charge is 2.11. The predicted molar refractivity (Wildman–Crippen MR) is 103 cm³/mol. The molecule has 2 heterocycles. The molecule has 1 aromatic carbocycles. The summed E-state index contributed by atoms with van der Waals surface area (Å²) >= 11 is 0. The number of nitrogens with one attached hydrogen (secondary N) is 2. The average Bonchev–Trinajstić information content (AvgIpc) is 2.73. The van der Waals surface area contributed by atoms with Crippen LogP contribution in [0.5, 0.6) is 11.5 Å². The Labute approximate surface area is 157 Å². The lowest BCUT2D eigenvalue weighted by Crippen LogP contribution is -2.13. The first-order valence-electron chi connectivity index (χ1n) is 8.32. The summed E-state index contributed by atoms with van der Waals surface area (Å²) in [4.78, 5) is 20.9. The molecule has 0 bridgehead atoms. The van der Waals surface area contributed by atoms with E-state index in [1.54, 1.807) is 56.0 Å². The number of rotatable bonds is 7. The summed E-state index contributed by atoms with van der Waals surface area (Å²) in [6, 6.07) is 12.4. The first kappa shape index (κ1) is 18.2. The second-order valence-electron chi connectivity index (χ2n) is 5.66. The van der Waals surface area contributed by atoms with Crippen LogP contribution in [-0.4, -0.2) is 30.1 Å². The molecule has 7 heteroatoms. The molecule has 2 aromatic heterocycles. The summed E-state index contributed by atoms with van der Waals surface area (Å²) < 4.78 is 10.5. The van der Waals surface area contributed by atoms with Crippen LogP contribution in [0.1, 0.15) is 15.9 Å². The van der Waals surface area contributed by atoms with Crippen LogP contribution in [0.2, 0.25) is 0 Å². The van der Waals surface area contributed by atoms with Gasteiger partial charge in [0.05, 0.1) is 19.9 Å². The third kappa shape index (κ3) is 4.72. The normalized spacial score (nSPS) is 10.1. The van der Waals surface area contributed by atoms with Crippen LogP contribution in [0.4, 0.5) is 11.5 Å². The van der Waals surface area contributed by atoms with E-state index in [9.17, 15) is 4.79 Å². The highest BCUT2D eigenvalue weighted by molar-refractivity contribution is 6.05. The van der Waals surface area contributed by atoms with Crippen molar-refractivity contribution in [1.82, 2.24) is 9.97 Å². The molecule has 0 saturated heterocycles. The number of carbonyl (C=O) groups excluding carboxylic acids is 1. The second kappa shape index (κ2) is 8.66. The third-order valence-corrected chi connectivity index (χ3v) is 3.88. The van der Waals surface area contributed by atoms with Crippen molar-refractivity contribution < 1.29 is 14.3 Å². The summed E-state index contributed by atoms with van der Waals surface area (Å²) in [6.45, 7) is 0.568. The molecule has 0 aliphatic rings. The minimum atomic E-state index is -0.259. The standard InChI is InChI=1S/C20H20N4O3/c1-26-16-5-6-17(18(11-16)27-2)24-20(25)15-7-9-22-19(10-15)23-13-14-4-3-8-21-12-14/h3-12H,13H2,1-2H3,(H,22,23)(H,24,25). The molecule has 7 nitrogen and oxygen atoms in total. The Morgan fingerprint density at radius 1 is 1.07 bits per heavy atom. The van der Waals surface area contributed by atoms with E-state index in [0.717, 1.165) is 5.56 Å². The molecule has 0 aliphatic carbocycles. The van der Waals surface area contributed by atoms with E-state index in [4.69, 9.17) is 9.47 Å². The number of benzene rings is 1. The lowest BCUT2D eigenvalue weighted by molar-refractivity contribution is 0.102. The van der Waals surface area contributed by atoms with E-state index in [0.29, 0.717) is 35.1 Å². The zero-order chi connectivity index (χ0) is 19.1. The maximum atomic E-state index is 12.6. The molecule has 0 atom stereocenters. The fraction of sp³-hybridized carbons (Fsp3) is 0.150. The molecule has 0 saturated carbocycles. The number of hydrogen-bond donors (Lipinski definition) is 2. The number of aromatic nitrogens is 2. The Balaban J connectivity index is 1.70. The van der Waals surface area contributed by atoms with Gasteiger partial charge < -0.3 is 20.1 Å². The Morgan fingerprint density at radius 2 is 1.96 bits per heavy atom. The highest BCUT2D eigenvalue weighted by Crippen LogP contribution is 2.29. The zero-order valence-corrected chi connectivity index (χ0v) is 15.1. The summed E-state index contributed by atoms with van der Waals surface area (Å²) in [6.07, 6.45) is 5.09. The number of anilines is 2. The molecule has 0 aliphatic heterocycles. The number of methoxy groups -OCH3 is 2. The Bertz CT molecular complexity index is 916. The van der Waals surface area contributed by atoms with Gasteiger partial charge in [0.1, 0.15) is 17.3 Å². The lowest BCUT2D eigenvalue weighted by Gasteiger charge is -2.12. The maximum Gasteiger partial charge on any atom is 0.255 e. The quantitative estimate of drug-likeness (QED) is 0.669. The van der Waals surface area contributed by atoms with Crippen LogP contribution in [-0.2, 0) is 6.54 Å². The van der Waals surface area contributed by atoms with Crippen molar-refractivity contribution in [2.75, 3.05) is 24.9 Å². The molecule has 0 radical (unpaired) electrons. The number of pyridine rings is 2. The molecule has 2 N–H and O–H groups in total. The van der Waals surface area contributed by atoms with Gasteiger partial charge in [-0.2, -0.15) is 0 Å². The van der Waals surface area contributed by atoms with Crippen molar-refractivity contribution in [3.05, 3.63) is 72.2 Å².